The molecule has 1 amide bonds. The number of aromatic amines is 1. The second-order valence-corrected chi connectivity index (χ2v) is 6.51. The summed E-state index contributed by atoms with van der Waals surface area (Å²) in [5.74, 6) is -0.0232. The summed E-state index contributed by atoms with van der Waals surface area (Å²) in [6.45, 7) is 3.53. The van der Waals surface area contributed by atoms with Gasteiger partial charge in [0, 0.05) is 49.2 Å². The van der Waals surface area contributed by atoms with Crippen LogP contribution in [0.5, 0.6) is 0 Å². The highest BCUT2D eigenvalue weighted by molar-refractivity contribution is 6.05. The molecule has 2 aliphatic rings. The number of hydrogen-bond acceptors (Lipinski definition) is 3. The van der Waals surface area contributed by atoms with Gasteiger partial charge in [-0.05, 0) is 25.3 Å². The van der Waals surface area contributed by atoms with Crippen molar-refractivity contribution in [1.82, 2.24) is 14.8 Å². The maximum atomic E-state index is 13.0. The Kier molecular flexibility index (Phi) is 3.65. The first kappa shape index (κ1) is 14.5. The molecule has 0 unspecified atom stereocenters. The van der Waals surface area contributed by atoms with Crippen molar-refractivity contribution in [3.8, 4) is 0 Å². The van der Waals surface area contributed by atoms with E-state index in [1.807, 2.05) is 29.2 Å². The van der Waals surface area contributed by atoms with Gasteiger partial charge in [-0.2, -0.15) is 0 Å². The Labute approximate surface area is 134 Å². The van der Waals surface area contributed by atoms with Crippen LogP contribution < -0.4 is 5.56 Å². The smallest absolute Gasteiger partial charge is 0.254 e. The van der Waals surface area contributed by atoms with E-state index in [0.29, 0.717) is 5.56 Å². The van der Waals surface area contributed by atoms with E-state index in [2.05, 4.69) is 9.88 Å². The zero-order chi connectivity index (χ0) is 15.8. The van der Waals surface area contributed by atoms with Crippen LogP contribution in [0.25, 0.3) is 10.9 Å². The number of carbonyl (C=O) groups is 1. The quantitative estimate of drug-likeness (QED) is 0.921. The molecule has 120 valence electrons. The van der Waals surface area contributed by atoms with Gasteiger partial charge in [-0.15, -0.1) is 0 Å². The fourth-order valence-corrected chi connectivity index (χ4v) is 3.50. The monoisotopic (exact) mass is 311 g/mol. The number of H-pyrrole nitrogens is 1. The summed E-state index contributed by atoms with van der Waals surface area (Å²) < 4.78 is 0. The maximum Gasteiger partial charge on any atom is 0.254 e. The topological polar surface area (TPSA) is 56.4 Å². The molecule has 1 N–H and O–H groups in total. The van der Waals surface area contributed by atoms with E-state index in [4.69, 9.17) is 0 Å². The number of pyridine rings is 1. The van der Waals surface area contributed by atoms with Gasteiger partial charge in [0.15, 0.2) is 0 Å². The summed E-state index contributed by atoms with van der Waals surface area (Å²) in [6.07, 6.45) is 3.60. The number of rotatable bonds is 2. The van der Waals surface area contributed by atoms with Crippen molar-refractivity contribution in [3.05, 3.63) is 46.2 Å². The molecule has 1 aliphatic heterocycles. The van der Waals surface area contributed by atoms with Crippen molar-refractivity contribution in [2.24, 2.45) is 0 Å². The molecule has 2 aromatic rings. The molecule has 0 atom stereocenters. The molecule has 2 heterocycles. The number of hydrogen-bond donors (Lipinski definition) is 1. The number of amides is 1. The molecule has 0 bridgehead atoms. The summed E-state index contributed by atoms with van der Waals surface area (Å²) in [4.78, 5) is 32.0. The Morgan fingerprint density at radius 1 is 1.09 bits per heavy atom. The first-order valence-corrected chi connectivity index (χ1v) is 8.38. The summed E-state index contributed by atoms with van der Waals surface area (Å²) in [5.41, 5.74) is 1.02. The predicted octanol–water partition coefficient (Wildman–Crippen LogP) is 1.84. The molecule has 4 rings (SSSR count). The third-order valence-electron chi connectivity index (χ3n) is 4.86. The van der Waals surface area contributed by atoms with E-state index >= 15 is 0 Å². The van der Waals surface area contributed by atoms with Crippen LogP contribution in [0.4, 0.5) is 0 Å². The van der Waals surface area contributed by atoms with E-state index in [1.165, 1.54) is 18.9 Å². The SMILES string of the molecule is O=C(c1cc(=O)[nH]c2ccccc12)N1CCCN(C2CC2)CC1. The minimum absolute atomic E-state index is 0.0232. The average molecular weight is 311 g/mol. The molecular weight excluding hydrogens is 290 g/mol. The van der Waals surface area contributed by atoms with Crippen LogP contribution in [0.15, 0.2) is 35.1 Å². The van der Waals surface area contributed by atoms with Crippen LogP contribution in [0.1, 0.15) is 29.6 Å². The lowest BCUT2D eigenvalue weighted by molar-refractivity contribution is 0.0762. The molecule has 1 saturated carbocycles. The molecule has 0 radical (unpaired) electrons. The van der Waals surface area contributed by atoms with Gasteiger partial charge < -0.3 is 9.88 Å². The number of benzene rings is 1. The van der Waals surface area contributed by atoms with Gasteiger partial charge in [0.25, 0.3) is 5.91 Å². The van der Waals surface area contributed by atoms with Gasteiger partial charge >= 0.3 is 0 Å². The summed E-state index contributed by atoms with van der Waals surface area (Å²) in [5, 5.41) is 0.820. The molecule has 2 fully saturated rings. The molecule has 0 spiro atoms. The Balaban J connectivity index is 1.62. The fourth-order valence-electron chi connectivity index (χ4n) is 3.50. The number of fused-ring (bicyclic) bond motifs is 1. The van der Waals surface area contributed by atoms with Crippen molar-refractivity contribution in [3.63, 3.8) is 0 Å². The fraction of sp³-hybridized carbons (Fsp3) is 0.444. The normalized spacial score (nSPS) is 19.7. The summed E-state index contributed by atoms with van der Waals surface area (Å²) in [6, 6.07) is 9.68. The summed E-state index contributed by atoms with van der Waals surface area (Å²) in [7, 11) is 0. The standard InChI is InChI=1S/C18H21N3O2/c22-17-12-15(14-4-1-2-5-16(14)19-17)18(23)21-9-3-8-20(10-11-21)13-6-7-13/h1-2,4-5,12-13H,3,6-11H2,(H,19,22). The maximum absolute atomic E-state index is 13.0. The highest BCUT2D eigenvalue weighted by Crippen LogP contribution is 2.27. The van der Waals surface area contributed by atoms with Gasteiger partial charge in [-0.3, -0.25) is 14.5 Å². The van der Waals surface area contributed by atoms with Gasteiger partial charge in [0.2, 0.25) is 5.56 Å². The highest BCUT2D eigenvalue weighted by Gasteiger charge is 2.31. The number of carbonyl (C=O) groups excluding carboxylic acids is 1. The first-order valence-electron chi connectivity index (χ1n) is 8.38. The van der Waals surface area contributed by atoms with E-state index in [-0.39, 0.29) is 11.5 Å². The van der Waals surface area contributed by atoms with Crippen molar-refractivity contribution in [2.45, 2.75) is 25.3 Å². The second-order valence-electron chi connectivity index (χ2n) is 6.51. The third-order valence-corrected chi connectivity index (χ3v) is 4.86. The molecular formula is C18H21N3O2. The Bertz CT molecular complexity index is 794. The Hall–Kier alpha value is -2.14. The predicted molar refractivity (Wildman–Crippen MR) is 89.7 cm³/mol. The minimum Gasteiger partial charge on any atom is -0.337 e. The van der Waals surface area contributed by atoms with Crippen molar-refractivity contribution in [2.75, 3.05) is 26.2 Å². The molecule has 5 heteroatoms. The summed E-state index contributed by atoms with van der Waals surface area (Å²) >= 11 is 0. The second kappa shape index (κ2) is 5.81. The first-order chi connectivity index (χ1) is 11.2. The lowest BCUT2D eigenvalue weighted by Gasteiger charge is -2.22. The molecule has 5 nitrogen and oxygen atoms in total. The van der Waals surface area contributed by atoms with Crippen molar-refractivity contribution < 1.29 is 4.79 Å². The van der Waals surface area contributed by atoms with E-state index in [1.54, 1.807) is 0 Å². The number of nitrogens with zero attached hydrogens (tertiary/aromatic N) is 2. The van der Waals surface area contributed by atoms with E-state index in [9.17, 15) is 9.59 Å². The number of nitrogens with one attached hydrogen (secondary N) is 1. The lowest BCUT2D eigenvalue weighted by Crippen LogP contribution is -2.36. The molecule has 23 heavy (non-hydrogen) atoms. The molecule has 1 aromatic carbocycles. The van der Waals surface area contributed by atoms with Crippen LogP contribution in [-0.4, -0.2) is 52.9 Å². The Morgan fingerprint density at radius 3 is 2.74 bits per heavy atom. The third kappa shape index (κ3) is 2.88. The van der Waals surface area contributed by atoms with Crippen LogP contribution in [0.2, 0.25) is 0 Å². The van der Waals surface area contributed by atoms with Crippen molar-refractivity contribution in [1.29, 1.82) is 0 Å². The van der Waals surface area contributed by atoms with Crippen molar-refractivity contribution >= 4 is 16.8 Å². The number of aromatic nitrogens is 1. The minimum atomic E-state index is -0.221. The van der Waals surface area contributed by atoms with Crippen LogP contribution in [0.3, 0.4) is 0 Å². The Morgan fingerprint density at radius 2 is 1.91 bits per heavy atom. The van der Waals surface area contributed by atoms with Gasteiger partial charge in [0.05, 0.1) is 5.56 Å². The molecule has 1 aromatic heterocycles. The number of para-hydroxylation sites is 1. The van der Waals surface area contributed by atoms with E-state index in [0.717, 1.165) is 49.5 Å². The van der Waals surface area contributed by atoms with Crippen LogP contribution in [-0.2, 0) is 0 Å². The lowest BCUT2D eigenvalue weighted by atomic mass is 10.1. The highest BCUT2D eigenvalue weighted by atomic mass is 16.2. The zero-order valence-electron chi connectivity index (χ0n) is 13.1. The molecule has 1 aliphatic carbocycles. The van der Waals surface area contributed by atoms with E-state index < -0.39 is 0 Å². The van der Waals surface area contributed by atoms with Gasteiger partial charge in [-0.25, -0.2) is 0 Å². The van der Waals surface area contributed by atoms with Gasteiger partial charge in [0.1, 0.15) is 0 Å². The average Bonchev–Trinajstić information content (AvgIpc) is 3.39. The molecule has 1 saturated heterocycles. The largest absolute Gasteiger partial charge is 0.337 e. The van der Waals surface area contributed by atoms with Crippen LogP contribution >= 0.6 is 0 Å². The van der Waals surface area contributed by atoms with Crippen LogP contribution in [0, 0.1) is 0 Å². The van der Waals surface area contributed by atoms with Gasteiger partial charge in [-0.1, -0.05) is 18.2 Å². The zero-order valence-corrected chi connectivity index (χ0v) is 13.1.